The Morgan fingerprint density at radius 1 is 1.38 bits per heavy atom. The Kier molecular flexibility index (Phi) is 4.41. The van der Waals surface area contributed by atoms with Crippen LogP contribution in [0.4, 0.5) is 5.82 Å². The number of carbonyl (C=O) groups is 2. The minimum atomic E-state index is -0.746. The molecule has 1 heterocycles. The summed E-state index contributed by atoms with van der Waals surface area (Å²) in [5.74, 6) is -1.11. The monoisotopic (exact) mass is 222 g/mol. The van der Waals surface area contributed by atoms with Gasteiger partial charge in [0.15, 0.2) is 0 Å². The van der Waals surface area contributed by atoms with Crippen LogP contribution in [0, 0.1) is 6.92 Å². The molecule has 0 unspecified atom stereocenters. The summed E-state index contributed by atoms with van der Waals surface area (Å²) in [7, 11) is 0. The van der Waals surface area contributed by atoms with E-state index in [0.717, 1.165) is 5.56 Å². The van der Waals surface area contributed by atoms with Crippen molar-refractivity contribution in [3.63, 3.8) is 0 Å². The van der Waals surface area contributed by atoms with Crippen LogP contribution in [0.25, 0.3) is 0 Å². The van der Waals surface area contributed by atoms with Crippen molar-refractivity contribution in [3.8, 4) is 0 Å². The summed E-state index contributed by atoms with van der Waals surface area (Å²) in [5.41, 5.74) is 6.16. The first-order valence-corrected chi connectivity index (χ1v) is 4.85. The van der Waals surface area contributed by atoms with Crippen LogP contribution < -0.4 is 16.4 Å². The molecule has 0 fully saturated rings. The summed E-state index contributed by atoms with van der Waals surface area (Å²) in [6, 6.07) is 3.42. The summed E-state index contributed by atoms with van der Waals surface area (Å²) in [6.07, 6.45) is 1.60. The third kappa shape index (κ3) is 3.66. The highest BCUT2D eigenvalue weighted by molar-refractivity contribution is 6.39. The molecule has 0 saturated heterocycles. The van der Waals surface area contributed by atoms with E-state index in [0.29, 0.717) is 12.4 Å². The molecule has 16 heavy (non-hydrogen) atoms. The van der Waals surface area contributed by atoms with Crippen LogP contribution in [0.2, 0.25) is 0 Å². The molecule has 0 radical (unpaired) electrons. The Balaban J connectivity index is 2.51. The minimum absolute atomic E-state index is 0.271. The predicted molar refractivity (Wildman–Crippen MR) is 59.7 cm³/mol. The maximum atomic E-state index is 11.3. The number of nitrogens with zero attached hydrogens (tertiary/aromatic N) is 1. The van der Waals surface area contributed by atoms with Crippen LogP contribution in [0.3, 0.4) is 0 Å². The van der Waals surface area contributed by atoms with E-state index in [4.69, 9.17) is 5.73 Å². The lowest BCUT2D eigenvalue weighted by atomic mass is 10.3. The van der Waals surface area contributed by atoms with Gasteiger partial charge in [-0.05, 0) is 18.6 Å². The number of hydrogen-bond donors (Lipinski definition) is 3. The van der Waals surface area contributed by atoms with Gasteiger partial charge < -0.3 is 16.4 Å². The Morgan fingerprint density at radius 2 is 2.12 bits per heavy atom. The third-order valence-corrected chi connectivity index (χ3v) is 1.79. The number of rotatable bonds is 3. The smallest absolute Gasteiger partial charge is 0.314 e. The van der Waals surface area contributed by atoms with Crippen LogP contribution in [0.5, 0.6) is 0 Å². The van der Waals surface area contributed by atoms with Crippen molar-refractivity contribution >= 4 is 17.6 Å². The zero-order chi connectivity index (χ0) is 12.0. The fourth-order valence-electron chi connectivity index (χ4n) is 0.981. The molecule has 0 spiro atoms. The van der Waals surface area contributed by atoms with E-state index in [9.17, 15) is 9.59 Å². The van der Waals surface area contributed by atoms with Crippen molar-refractivity contribution in [1.29, 1.82) is 0 Å². The summed E-state index contributed by atoms with van der Waals surface area (Å²) in [4.78, 5) is 26.4. The number of carbonyl (C=O) groups excluding carboxylic acids is 2. The van der Waals surface area contributed by atoms with Gasteiger partial charge >= 0.3 is 11.8 Å². The SMILES string of the molecule is Cc1ccc(NC(=O)C(=O)NCCN)nc1. The molecule has 6 heteroatoms. The first-order valence-electron chi connectivity index (χ1n) is 4.85. The van der Waals surface area contributed by atoms with Gasteiger partial charge in [0, 0.05) is 19.3 Å². The molecule has 2 amide bonds. The van der Waals surface area contributed by atoms with E-state index in [1.165, 1.54) is 0 Å². The van der Waals surface area contributed by atoms with Crippen molar-refractivity contribution in [2.24, 2.45) is 5.73 Å². The molecule has 1 aromatic heterocycles. The second kappa shape index (κ2) is 5.82. The van der Waals surface area contributed by atoms with Gasteiger partial charge in [0.2, 0.25) is 0 Å². The number of aromatic nitrogens is 1. The van der Waals surface area contributed by atoms with Crippen LogP contribution >= 0.6 is 0 Å². The molecule has 0 aliphatic heterocycles. The van der Waals surface area contributed by atoms with Crippen molar-refractivity contribution < 1.29 is 9.59 Å². The summed E-state index contributed by atoms with van der Waals surface area (Å²) < 4.78 is 0. The number of nitrogens with two attached hydrogens (primary N) is 1. The summed E-state index contributed by atoms with van der Waals surface area (Å²) >= 11 is 0. The second-order valence-electron chi connectivity index (χ2n) is 3.22. The maximum absolute atomic E-state index is 11.3. The van der Waals surface area contributed by atoms with Crippen LogP contribution in [0.15, 0.2) is 18.3 Å². The number of pyridine rings is 1. The van der Waals surface area contributed by atoms with Crippen molar-refractivity contribution in [2.45, 2.75) is 6.92 Å². The fourth-order valence-corrected chi connectivity index (χ4v) is 0.981. The maximum Gasteiger partial charge on any atom is 0.314 e. The zero-order valence-corrected chi connectivity index (χ0v) is 8.99. The molecule has 0 aliphatic carbocycles. The van der Waals surface area contributed by atoms with Gasteiger partial charge in [0.25, 0.3) is 0 Å². The highest BCUT2D eigenvalue weighted by Crippen LogP contribution is 2.03. The van der Waals surface area contributed by atoms with Gasteiger partial charge in [-0.2, -0.15) is 0 Å². The van der Waals surface area contributed by atoms with Crippen molar-refractivity contribution in [2.75, 3.05) is 18.4 Å². The van der Waals surface area contributed by atoms with Gasteiger partial charge in [-0.15, -0.1) is 0 Å². The van der Waals surface area contributed by atoms with Crippen molar-refractivity contribution in [3.05, 3.63) is 23.9 Å². The van der Waals surface area contributed by atoms with E-state index < -0.39 is 11.8 Å². The van der Waals surface area contributed by atoms with Gasteiger partial charge in [-0.25, -0.2) is 4.98 Å². The number of nitrogens with one attached hydrogen (secondary N) is 2. The van der Waals surface area contributed by atoms with Gasteiger partial charge in [0.1, 0.15) is 5.82 Å². The zero-order valence-electron chi connectivity index (χ0n) is 8.99. The van der Waals surface area contributed by atoms with E-state index >= 15 is 0 Å². The highest BCUT2D eigenvalue weighted by atomic mass is 16.2. The molecular weight excluding hydrogens is 208 g/mol. The molecule has 1 rings (SSSR count). The van der Waals surface area contributed by atoms with Crippen molar-refractivity contribution in [1.82, 2.24) is 10.3 Å². The second-order valence-corrected chi connectivity index (χ2v) is 3.22. The van der Waals surface area contributed by atoms with E-state index in [1.807, 2.05) is 6.92 Å². The molecule has 0 bridgehead atoms. The predicted octanol–water partition coefficient (Wildman–Crippen LogP) is -0.597. The lowest BCUT2D eigenvalue weighted by Gasteiger charge is -2.04. The Labute approximate surface area is 93.2 Å². The molecular formula is C10H14N4O2. The summed E-state index contributed by atoms with van der Waals surface area (Å²) in [5, 5.41) is 4.73. The third-order valence-electron chi connectivity index (χ3n) is 1.79. The molecule has 0 aliphatic rings. The lowest BCUT2D eigenvalue weighted by molar-refractivity contribution is -0.136. The average molecular weight is 222 g/mol. The van der Waals surface area contributed by atoms with Gasteiger partial charge in [0.05, 0.1) is 0 Å². The van der Waals surface area contributed by atoms with Crippen LogP contribution in [-0.2, 0) is 9.59 Å². The van der Waals surface area contributed by atoms with E-state index in [-0.39, 0.29) is 6.54 Å². The minimum Gasteiger partial charge on any atom is -0.347 e. The molecule has 0 atom stereocenters. The number of aryl methyl sites for hydroxylation is 1. The Bertz CT molecular complexity index is 375. The van der Waals surface area contributed by atoms with E-state index in [1.54, 1.807) is 18.3 Å². The first-order chi connectivity index (χ1) is 7.63. The lowest BCUT2D eigenvalue weighted by Crippen LogP contribution is -2.38. The number of amides is 2. The molecule has 1 aromatic rings. The average Bonchev–Trinajstić information content (AvgIpc) is 2.29. The molecule has 4 N–H and O–H groups in total. The molecule has 0 aromatic carbocycles. The Morgan fingerprint density at radius 3 is 2.69 bits per heavy atom. The largest absolute Gasteiger partial charge is 0.347 e. The van der Waals surface area contributed by atoms with E-state index in [2.05, 4.69) is 15.6 Å². The number of anilines is 1. The standard InChI is InChI=1S/C10H14N4O2/c1-7-2-3-8(13-6-7)14-10(16)9(15)12-5-4-11/h2-3,6H,4-5,11H2,1H3,(H,12,15)(H,13,14,16). The quantitative estimate of drug-likeness (QED) is 0.595. The number of hydrogen-bond acceptors (Lipinski definition) is 4. The fraction of sp³-hybridized carbons (Fsp3) is 0.300. The van der Waals surface area contributed by atoms with Crippen LogP contribution in [-0.4, -0.2) is 29.9 Å². The Hall–Kier alpha value is -1.95. The van der Waals surface area contributed by atoms with Gasteiger partial charge in [-0.1, -0.05) is 6.07 Å². The molecule has 6 nitrogen and oxygen atoms in total. The molecule has 86 valence electrons. The normalized spacial score (nSPS) is 9.62. The first kappa shape index (κ1) is 12.1. The van der Waals surface area contributed by atoms with Crippen LogP contribution in [0.1, 0.15) is 5.56 Å². The molecule has 0 saturated carbocycles. The highest BCUT2D eigenvalue weighted by Gasteiger charge is 2.12. The topological polar surface area (TPSA) is 97.1 Å². The summed E-state index contributed by atoms with van der Waals surface area (Å²) in [6.45, 7) is 2.45. The van der Waals surface area contributed by atoms with Gasteiger partial charge in [-0.3, -0.25) is 9.59 Å².